The molecule has 1 aromatic carbocycles. The van der Waals surface area contributed by atoms with Crippen LogP contribution in [0.1, 0.15) is 38.1 Å². The van der Waals surface area contributed by atoms with E-state index in [1.807, 2.05) is 20.8 Å². The summed E-state index contributed by atoms with van der Waals surface area (Å²) in [6.07, 6.45) is 0. The molecule has 3 amide bonds. The summed E-state index contributed by atoms with van der Waals surface area (Å²) in [6.45, 7) is 7.63. The van der Waals surface area contributed by atoms with Crippen LogP contribution in [0.5, 0.6) is 0 Å². The van der Waals surface area contributed by atoms with Crippen LogP contribution in [0.2, 0.25) is 0 Å². The first-order valence-electron chi connectivity index (χ1n) is 6.69. The molecule has 3 N–H and O–H groups in total. The Kier molecular flexibility index (Phi) is 5.07. The molecule has 1 aromatic rings. The van der Waals surface area contributed by atoms with Gasteiger partial charge in [0.1, 0.15) is 0 Å². The van der Waals surface area contributed by atoms with Crippen molar-refractivity contribution < 1.29 is 14.4 Å². The highest BCUT2D eigenvalue weighted by atomic mass is 16.2. The number of nitrogens with zero attached hydrogens (tertiary/aromatic N) is 1. The molecule has 0 radical (unpaired) electrons. The lowest BCUT2D eigenvalue weighted by Gasteiger charge is -2.34. The number of benzene rings is 1. The molecule has 0 aliphatic heterocycles. The van der Waals surface area contributed by atoms with Gasteiger partial charge in [0.25, 0.3) is 5.91 Å². The molecular weight excluding hydrogens is 270 g/mol. The van der Waals surface area contributed by atoms with E-state index in [2.05, 4.69) is 5.32 Å². The first-order chi connectivity index (χ1) is 9.66. The zero-order valence-corrected chi connectivity index (χ0v) is 12.8. The Labute approximate surface area is 124 Å². The fourth-order valence-corrected chi connectivity index (χ4v) is 1.91. The second kappa shape index (κ2) is 6.39. The van der Waals surface area contributed by atoms with Crippen LogP contribution in [0.25, 0.3) is 0 Å². The second-order valence-electron chi connectivity index (χ2n) is 5.63. The fourth-order valence-electron chi connectivity index (χ4n) is 1.91. The van der Waals surface area contributed by atoms with Crippen LogP contribution in [-0.4, -0.2) is 34.7 Å². The van der Waals surface area contributed by atoms with Crippen molar-refractivity contribution in [3.8, 4) is 0 Å². The molecule has 0 unspecified atom stereocenters. The summed E-state index contributed by atoms with van der Waals surface area (Å²) in [5, 5.41) is 2.09. The van der Waals surface area contributed by atoms with Crippen molar-refractivity contribution in [3.63, 3.8) is 0 Å². The molecule has 114 valence electrons. The number of imide groups is 1. The van der Waals surface area contributed by atoms with Crippen molar-refractivity contribution in [3.05, 3.63) is 29.8 Å². The number of likely N-dealkylation sites (N-methyl/N-ethyl adjacent to an activating group) is 1. The van der Waals surface area contributed by atoms with E-state index in [4.69, 9.17) is 5.73 Å². The molecule has 0 aliphatic carbocycles. The Morgan fingerprint density at radius 3 is 2.10 bits per heavy atom. The Morgan fingerprint density at radius 2 is 1.67 bits per heavy atom. The van der Waals surface area contributed by atoms with Crippen molar-refractivity contribution in [1.82, 2.24) is 10.2 Å². The normalized spacial score (nSPS) is 10.9. The van der Waals surface area contributed by atoms with Crippen molar-refractivity contribution in [1.29, 1.82) is 0 Å². The molecule has 6 nitrogen and oxygen atoms in total. The monoisotopic (exact) mass is 291 g/mol. The van der Waals surface area contributed by atoms with Gasteiger partial charge in [-0.3, -0.25) is 19.7 Å². The van der Waals surface area contributed by atoms with E-state index in [-0.39, 0.29) is 5.56 Å². The summed E-state index contributed by atoms with van der Waals surface area (Å²) in [6, 6.07) is 6.08. The molecule has 0 heterocycles. The lowest BCUT2D eigenvalue weighted by Crippen LogP contribution is -2.52. The zero-order chi connectivity index (χ0) is 16.2. The molecule has 6 heteroatoms. The van der Waals surface area contributed by atoms with E-state index >= 15 is 0 Å². The van der Waals surface area contributed by atoms with Crippen LogP contribution in [-0.2, 0) is 9.59 Å². The number of carbonyl (C=O) groups excluding carboxylic acids is 3. The van der Waals surface area contributed by atoms with E-state index in [1.165, 1.54) is 17.0 Å². The van der Waals surface area contributed by atoms with Crippen molar-refractivity contribution in [2.24, 2.45) is 0 Å². The van der Waals surface area contributed by atoms with E-state index in [1.54, 1.807) is 19.1 Å². The standard InChI is InChI=1S/C15H21N3O3/c1-5-18(15(2,3)4)14(21)13(20)17-12(19)10-6-8-11(16)9-7-10/h6-9H,5,16H2,1-4H3,(H,17,19,20). The molecule has 0 saturated carbocycles. The minimum absolute atomic E-state index is 0.268. The van der Waals surface area contributed by atoms with Gasteiger partial charge in [0.2, 0.25) is 0 Å². The molecule has 0 aliphatic rings. The molecule has 0 bridgehead atoms. The fraction of sp³-hybridized carbons (Fsp3) is 0.400. The molecule has 0 spiro atoms. The Hall–Kier alpha value is -2.37. The number of amides is 3. The number of hydrogen-bond donors (Lipinski definition) is 2. The van der Waals surface area contributed by atoms with Crippen molar-refractivity contribution >= 4 is 23.4 Å². The molecule has 1 rings (SSSR count). The number of nitrogens with two attached hydrogens (primary N) is 1. The lowest BCUT2D eigenvalue weighted by molar-refractivity contribution is -0.148. The van der Waals surface area contributed by atoms with E-state index in [0.29, 0.717) is 12.2 Å². The van der Waals surface area contributed by atoms with E-state index < -0.39 is 23.3 Å². The minimum Gasteiger partial charge on any atom is -0.399 e. The van der Waals surface area contributed by atoms with Crippen LogP contribution >= 0.6 is 0 Å². The van der Waals surface area contributed by atoms with Gasteiger partial charge in [-0.15, -0.1) is 0 Å². The maximum absolute atomic E-state index is 12.1. The summed E-state index contributed by atoms with van der Waals surface area (Å²) in [4.78, 5) is 37.3. The van der Waals surface area contributed by atoms with Gasteiger partial charge < -0.3 is 10.6 Å². The summed E-state index contributed by atoms with van der Waals surface area (Å²) < 4.78 is 0. The number of hydrogen-bond acceptors (Lipinski definition) is 4. The van der Waals surface area contributed by atoms with Gasteiger partial charge in [-0.05, 0) is 52.0 Å². The average Bonchev–Trinajstić information content (AvgIpc) is 2.38. The number of nitrogens with one attached hydrogen (secondary N) is 1. The molecule has 21 heavy (non-hydrogen) atoms. The first-order valence-corrected chi connectivity index (χ1v) is 6.69. The summed E-state index contributed by atoms with van der Waals surface area (Å²) in [5.74, 6) is -2.29. The van der Waals surface area contributed by atoms with E-state index in [9.17, 15) is 14.4 Å². The largest absolute Gasteiger partial charge is 0.399 e. The zero-order valence-electron chi connectivity index (χ0n) is 12.8. The van der Waals surface area contributed by atoms with Gasteiger partial charge in [-0.1, -0.05) is 0 Å². The minimum atomic E-state index is -0.936. The van der Waals surface area contributed by atoms with Gasteiger partial charge in [-0.2, -0.15) is 0 Å². The maximum atomic E-state index is 12.1. The number of anilines is 1. The lowest BCUT2D eigenvalue weighted by atomic mass is 10.1. The second-order valence-corrected chi connectivity index (χ2v) is 5.63. The molecule has 0 fully saturated rings. The third kappa shape index (κ3) is 4.30. The summed E-state index contributed by atoms with van der Waals surface area (Å²) in [7, 11) is 0. The van der Waals surface area contributed by atoms with Gasteiger partial charge in [0, 0.05) is 23.3 Å². The summed E-state index contributed by atoms with van der Waals surface area (Å²) in [5.41, 5.74) is 5.81. The quantitative estimate of drug-likeness (QED) is 0.632. The Bertz CT molecular complexity index is 544. The Morgan fingerprint density at radius 1 is 1.14 bits per heavy atom. The average molecular weight is 291 g/mol. The molecule has 0 aromatic heterocycles. The highest BCUT2D eigenvalue weighted by molar-refractivity contribution is 6.38. The van der Waals surface area contributed by atoms with Gasteiger partial charge in [-0.25, -0.2) is 0 Å². The SMILES string of the molecule is CCN(C(=O)C(=O)NC(=O)c1ccc(N)cc1)C(C)(C)C. The Balaban J connectivity index is 2.78. The third-order valence-corrected chi connectivity index (χ3v) is 2.97. The smallest absolute Gasteiger partial charge is 0.316 e. The highest BCUT2D eigenvalue weighted by Gasteiger charge is 2.30. The predicted octanol–water partition coefficient (Wildman–Crippen LogP) is 1.17. The maximum Gasteiger partial charge on any atom is 0.316 e. The molecule has 0 atom stereocenters. The predicted molar refractivity (Wildman–Crippen MR) is 80.5 cm³/mol. The number of nitrogen functional groups attached to an aromatic ring is 1. The van der Waals surface area contributed by atoms with Crippen molar-refractivity contribution in [2.75, 3.05) is 12.3 Å². The highest BCUT2D eigenvalue weighted by Crippen LogP contribution is 2.13. The van der Waals surface area contributed by atoms with Crippen LogP contribution < -0.4 is 11.1 Å². The number of rotatable bonds is 2. The topological polar surface area (TPSA) is 92.5 Å². The number of carbonyl (C=O) groups is 3. The third-order valence-electron chi connectivity index (χ3n) is 2.97. The van der Waals surface area contributed by atoms with Gasteiger partial charge >= 0.3 is 11.8 Å². The van der Waals surface area contributed by atoms with Crippen LogP contribution in [0, 0.1) is 0 Å². The molecular formula is C15H21N3O3. The van der Waals surface area contributed by atoms with Gasteiger partial charge in [0.05, 0.1) is 0 Å². The first kappa shape index (κ1) is 16.7. The van der Waals surface area contributed by atoms with Crippen molar-refractivity contribution in [2.45, 2.75) is 33.2 Å². The van der Waals surface area contributed by atoms with E-state index in [0.717, 1.165) is 0 Å². The van der Waals surface area contributed by atoms with Crippen LogP contribution in [0.3, 0.4) is 0 Å². The molecule has 0 saturated heterocycles. The van der Waals surface area contributed by atoms with Crippen LogP contribution in [0.15, 0.2) is 24.3 Å². The van der Waals surface area contributed by atoms with Gasteiger partial charge in [0.15, 0.2) is 0 Å². The van der Waals surface area contributed by atoms with Crippen LogP contribution in [0.4, 0.5) is 5.69 Å². The summed E-state index contributed by atoms with van der Waals surface area (Å²) >= 11 is 0.